The van der Waals surface area contributed by atoms with Crippen molar-refractivity contribution in [3.8, 4) is 22.6 Å². The molecule has 0 spiro atoms. The Bertz CT molecular complexity index is 953. The molecule has 3 rings (SSSR count). The number of aryl methyl sites for hydroxylation is 1. The molecule has 26 heavy (non-hydrogen) atoms. The molecule has 1 heterocycles. The van der Waals surface area contributed by atoms with E-state index in [9.17, 15) is 4.79 Å². The summed E-state index contributed by atoms with van der Waals surface area (Å²) < 4.78 is 10.7. The minimum absolute atomic E-state index is 0.164. The predicted octanol–water partition coefficient (Wildman–Crippen LogP) is 3.89. The van der Waals surface area contributed by atoms with Crippen LogP contribution in [0.25, 0.3) is 11.1 Å². The topological polar surface area (TPSA) is 74.4 Å². The maximum Gasteiger partial charge on any atom is 0.195 e. The number of carbonyl (C=O) groups excluding carboxylic acids is 1. The standard InChI is InChI=1S/C21H20N2O3/c1-13-10-16(12-19(25-2)21(13)26-3)20(24)17-11-15(4-5-18(17)22)14-6-8-23-9-7-14/h4-12H,22H2,1-3H3. The molecular weight excluding hydrogens is 328 g/mol. The minimum atomic E-state index is -0.164. The van der Waals surface area contributed by atoms with Gasteiger partial charge < -0.3 is 15.2 Å². The normalized spacial score (nSPS) is 10.4. The molecule has 3 aromatic rings. The number of pyridine rings is 1. The zero-order valence-corrected chi connectivity index (χ0v) is 14.9. The van der Waals surface area contributed by atoms with Crippen molar-refractivity contribution in [2.45, 2.75) is 6.92 Å². The summed E-state index contributed by atoms with van der Waals surface area (Å²) in [6, 6.07) is 12.7. The van der Waals surface area contributed by atoms with E-state index in [2.05, 4.69) is 4.98 Å². The third-order valence-electron chi connectivity index (χ3n) is 4.24. The third kappa shape index (κ3) is 3.24. The number of hydrogen-bond acceptors (Lipinski definition) is 5. The zero-order valence-electron chi connectivity index (χ0n) is 14.9. The van der Waals surface area contributed by atoms with Crippen LogP contribution < -0.4 is 15.2 Å². The van der Waals surface area contributed by atoms with E-state index in [1.165, 1.54) is 0 Å². The SMILES string of the molecule is COc1cc(C(=O)c2cc(-c3ccncc3)ccc2N)cc(C)c1OC. The van der Waals surface area contributed by atoms with Crippen molar-refractivity contribution in [2.24, 2.45) is 0 Å². The molecule has 0 unspecified atom stereocenters. The number of hydrogen-bond donors (Lipinski definition) is 1. The Labute approximate surface area is 152 Å². The average molecular weight is 348 g/mol. The molecule has 2 N–H and O–H groups in total. The summed E-state index contributed by atoms with van der Waals surface area (Å²) >= 11 is 0. The highest BCUT2D eigenvalue weighted by Gasteiger charge is 2.18. The molecule has 132 valence electrons. The fourth-order valence-electron chi connectivity index (χ4n) is 2.92. The van der Waals surface area contributed by atoms with Crippen molar-refractivity contribution in [2.75, 3.05) is 20.0 Å². The van der Waals surface area contributed by atoms with Crippen LogP contribution in [0.5, 0.6) is 11.5 Å². The summed E-state index contributed by atoms with van der Waals surface area (Å²) in [5.41, 5.74) is 10.2. The van der Waals surface area contributed by atoms with Gasteiger partial charge in [0.2, 0.25) is 0 Å². The molecule has 5 nitrogen and oxygen atoms in total. The molecule has 0 saturated heterocycles. The number of rotatable bonds is 5. The maximum atomic E-state index is 13.1. The van der Waals surface area contributed by atoms with Crippen molar-refractivity contribution >= 4 is 11.5 Å². The van der Waals surface area contributed by atoms with Gasteiger partial charge in [-0.1, -0.05) is 6.07 Å². The predicted molar refractivity (Wildman–Crippen MR) is 102 cm³/mol. The molecular formula is C21H20N2O3. The number of aromatic nitrogens is 1. The summed E-state index contributed by atoms with van der Waals surface area (Å²) in [5, 5.41) is 0. The van der Waals surface area contributed by atoms with Crippen LogP contribution in [0, 0.1) is 6.92 Å². The Balaban J connectivity index is 2.07. The molecule has 0 fully saturated rings. The van der Waals surface area contributed by atoms with Crippen LogP contribution in [0.15, 0.2) is 54.9 Å². The average Bonchev–Trinajstić information content (AvgIpc) is 2.67. The van der Waals surface area contributed by atoms with Crippen LogP contribution in [0.3, 0.4) is 0 Å². The summed E-state index contributed by atoms with van der Waals surface area (Å²) in [6.45, 7) is 1.87. The number of benzene rings is 2. The highest BCUT2D eigenvalue weighted by Crippen LogP contribution is 2.33. The van der Waals surface area contributed by atoms with Gasteiger partial charge in [0.05, 0.1) is 14.2 Å². The molecule has 0 aliphatic carbocycles. The molecule has 0 radical (unpaired) electrons. The van der Waals surface area contributed by atoms with Crippen molar-refractivity contribution in [3.05, 3.63) is 71.5 Å². The highest BCUT2D eigenvalue weighted by molar-refractivity contribution is 6.13. The third-order valence-corrected chi connectivity index (χ3v) is 4.24. The minimum Gasteiger partial charge on any atom is -0.493 e. The number of ether oxygens (including phenoxy) is 2. The molecule has 5 heteroatoms. The number of ketones is 1. The van der Waals surface area contributed by atoms with Gasteiger partial charge in [-0.3, -0.25) is 9.78 Å². The lowest BCUT2D eigenvalue weighted by atomic mass is 9.96. The lowest BCUT2D eigenvalue weighted by Crippen LogP contribution is -2.07. The first kappa shape index (κ1) is 17.5. The maximum absolute atomic E-state index is 13.1. The fourth-order valence-corrected chi connectivity index (χ4v) is 2.92. The molecule has 0 aliphatic rings. The van der Waals surface area contributed by atoms with Gasteiger partial charge in [0.15, 0.2) is 17.3 Å². The molecule has 0 amide bonds. The lowest BCUT2D eigenvalue weighted by Gasteiger charge is -2.13. The van der Waals surface area contributed by atoms with E-state index in [1.807, 2.05) is 25.1 Å². The van der Waals surface area contributed by atoms with Crippen LogP contribution >= 0.6 is 0 Å². The fraction of sp³-hybridized carbons (Fsp3) is 0.143. The van der Waals surface area contributed by atoms with Crippen LogP contribution in [-0.4, -0.2) is 25.0 Å². The summed E-state index contributed by atoms with van der Waals surface area (Å²) in [6.07, 6.45) is 3.43. The first-order chi connectivity index (χ1) is 12.5. The second kappa shape index (κ2) is 7.27. The molecule has 2 aromatic carbocycles. The van der Waals surface area contributed by atoms with Gasteiger partial charge in [-0.15, -0.1) is 0 Å². The van der Waals surface area contributed by atoms with Crippen molar-refractivity contribution < 1.29 is 14.3 Å². The Hall–Kier alpha value is -3.34. The van der Waals surface area contributed by atoms with E-state index in [1.54, 1.807) is 50.9 Å². The summed E-state index contributed by atoms with van der Waals surface area (Å²) in [4.78, 5) is 17.1. The van der Waals surface area contributed by atoms with Crippen LogP contribution in [-0.2, 0) is 0 Å². The van der Waals surface area contributed by atoms with Crippen molar-refractivity contribution in [1.82, 2.24) is 4.98 Å². The zero-order chi connectivity index (χ0) is 18.7. The Morgan fingerprint density at radius 2 is 1.69 bits per heavy atom. The largest absolute Gasteiger partial charge is 0.493 e. The Morgan fingerprint density at radius 3 is 2.35 bits per heavy atom. The highest BCUT2D eigenvalue weighted by atomic mass is 16.5. The number of carbonyl (C=O) groups is 1. The van der Waals surface area contributed by atoms with E-state index in [0.29, 0.717) is 28.3 Å². The Morgan fingerprint density at radius 1 is 0.962 bits per heavy atom. The smallest absolute Gasteiger partial charge is 0.195 e. The van der Waals surface area contributed by atoms with E-state index in [0.717, 1.165) is 16.7 Å². The summed E-state index contributed by atoms with van der Waals surface area (Å²) in [7, 11) is 3.12. The first-order valence-corrected chi connectivity index (χ1v) is 8.12. The molecule has 0 bridgehead atoms. The second-order valence-corrected chi connectivity index (χ2v) is 5.90. The monoisotopic (exact) mass is 348 g/mol. The van der Waals surface area contributed by atoms with Gasteiger partial charge in [0.25, 0.3) is 0 Å². The van der Waals surface area contributed by atoms with Gasteiger partial charge >= 0.3 is 0 Å². The Kier molecular flexibility index (Phi) is 4.89. The van der Waals surface area contributed by atoms with Crippen LogP contribution in [0.4, 0.5) is 5.69 Å². The van der Waals surface area contributed by atoms with E-state index >= 15 is 0 Å². The lowest BCUT2D eigenvalue weighted by molar-refractivity contribution is 0.103. The molecule has 0 saturated carbocycles. The van der Waals surface area contributed by atoms with E-state index in [4.69, 9.17) is 15.2 Å². The van der Waals surface area contributed by atoms with Crippen LogP contribution in [0.1, 0.15) is 21.5 Å². The van der Waals surface area contributed by atoms with Crippen molar-refractivity contribution in [1.29, 1.82) is 0 Å². The number of nitrogen functional groups attached to an aromatic ring is 1. The van der Waals surface area contributed by atoms with Gasteiger partial charge in [-0.2, -0.15) is 0 Å². The van der Waals surface area contributed by atoms with Crippen LogP contribution in [0.2, 0.25) is 0 Å². The number of nitrogens with zero attached hydrogens (tertiary/aromatic N) is 1. The van der Waals surface area contributed by atoms with Gasteiger partial charge in [-0.05, 0) is 60.0 Å². The van der Waals surface area contributed by atoms with E-state index in [-0.39, 0.29) is 5.78 Å². The molecule has 0 aliphatic heterocycles. The molecule has 1 aromatic heterocycles. The van der Waals surface area contributed by atoms with E-state index < -0.39 is 0 Å². The van der Waals surface area contributed by atoms with Crippen molar-refractivity contribution in [3.63, 3.8) is 0 Å². The van der Waals surface area contributed by atoms with Gasteiger partial charge in [-0.25, -0.2) is 0 Å². The first-order valence-electron chi connectivity index (χ1n) is 8.12. The van der Waals surface area contributed by atoms with Gasteiger partial charge in [0.1, 0.15) is 0 Å². The van der Waals surface area contributed by atoms with Gasteiger partial charge in [0, 0.05) is 29.2 Å². The molecule has 0 atom stereocenters. The number of nitrogens with two attached hydrogens (primary N) is 1. The summed E-state index contributed by atoms with van der Waals surface area (Å²) in [5.74, 6) is 0.963. The second-order valence-electron chi connectivity index (χ2n) is 5.90. The number of methoxy groups -OCH3 is 2. The number of anilines is 1. The quantitative estimate of drug-likeness (QED) is 0.559.